The topological polar surface area (TPSA) is 89.5 Å². The Morgan fingerprint density at radius 3 is 2.72 bits per heavy atom. The number of non-ortho nitro benzene ring substituents is 1. The molecule has 0 saturated heterocycles. The summed E-state index contributed by atoms with van der Waals surface area (Å²) < 4.78 is 1.85. The zero-order chi connectivity index (χ0) is 20.4. The van der Waals surface area contributed by atoms with Gasteiger partial charge in [-0.15, -0.1) is 0 Å². The van der Waals surface area contributed by atoms with Crippen LogP contribution in [0.1, 0.15) is 20.9 Å². The number of fused-ring (bicyclic) bond motifs is 1. The summed E-state index contributed by atoms with van der Waals surface area (Å²) in [5.41, 5.74) is 3.30. The fourth-order valence-electron chi connectivity index (χ4n) is 3.12. The Morgan fingerprint density at radius 2 is 2.00 bits per heavy atom. The van der Waals surface area contributed by atoms with Crippen molar-refractivity contribution in [2.24, 2.45) is 0 Å². The molecule has 0 radical (unpaired) electrons. The van der Waals surface area contributed by atoms with Crippen LogP contribution in [0.3, 0.4) is 0 Å². The molecule has 0 bridgehead atoms. The minimum atomic E-state index is -0.426. The van der Waals surface area contributed by atoms with Crippen molar-refractivity contribution in [3.8, 4) is 11.3 Å². The highest BCUT2D eigenvalue weighted by Crippen LogP contribution is 2.28. The summed E-state index contributed by atoms with van der Waals surface area (Å²) in [6, 6.07) is 16.4. The average molecular weight is 406 g/mol. The summed E-state index contributed by atoms with van der Waals surface area (Å²) in [5, 5.41) is 14.0. The number of aromatic nitrogens is 2. The number of carbonyl (C=O) groups is 1. The average Bonchev–Trinajstić information content (AvgIpc) is 3.28. The van der Waals surface area contributed by atoms with E-state index in [2.05, 4.69) is 10.3 Å². The highest BCUT2D eigenvalue weighted by Gasteiger charge is 2.18. The maximum Gasteiger partial charge on any atom is 0.270 e. The maximum atomic E-state index is 12.6. The number of hydrogen-bond donors (Lipinski definition) is 1. The van der Waals surface area contributed by atoms with E-state index in [1.54, 1.807) is 18.3 Å². The first-order chi connectivity index (χ1) is 14.0. The van der Waals surface area contributed by atoms with Crippen LogP contribution < -0.4 is 5.32 Å². The fourth-order valence-corrected chi connectivity index (χ4v) is 4.15. The normalized spacial score (nSPS) is 10.9. The molecule has 0 aliphatic heterocycles. The lowest BCUT2D eigenvalue weighted by molar-refractivity contribution is -0.384. The summed E-state index contributed by atoms with van der Waals surface area (Å²) >= 11 is 1.31. The number of nitrogens with zero attached hydrogens (tertiary/aromatic N) is 3. The van der Waals surface area contributed by atoms with E-state index in [1.807, 2.05) is 41.7 Å². The highest BCUT2D eigenvalue weighted by molar-refractivity contribution is 7.19. The zero-order valence-electron chi connectivity index (χ0n) is 15.7. The zero-order valence-corrected chi connectivity index (χ0v) is 16.5. The Labute approximate surface area is 170 Å². The van der Waals surface area contributed by atoms with E-state index in [1.165, 1.54) is 29.0 Å². The molecular weight excluding hydrogens is 388 g/mol. The van der Waals surface area contributed by atoms with Gasteiger partial charge in [0, 0.05) is 36.1 Å². The first-order valence-corrected chi connectivity index (χ1v) is 9.90. The largest absolute Gasteiger partial charge is 0.351 e. The third-order valence-corrected chi connectivity index (χ3v) is 5.81. The van der Waals surface area contributed by atoms with Crippen LogP contribution in [0.25, 0.3) is 16.2 Å². The van der Waals surface area contributed by atoms with Crippen molar-refractivity contribution in [2.45, 2.75) is 13.3 Å². The van der Waals surface area contributed by atoms with Crippen LogP contribution in [0.4, 0.5) is 5.69 Å². The van der Waals surface area contributed by atoms with E-state index >= 15 is 0 Å². The summed E-state index contributed by atoms with van der Waals surface area (Å²) in [5.74, 6) is -0.120. The number of nitro benzene ring substituents is 1. The van der Waals surface area contributed by atoms with Gasteiger partial charge in [-0.25, -0.2) is 4.98 Å². The molecule has 2 aromatic heterocycles. The number of thiazole rings is 1. The number of carbonyl (C=O) groups excluding carboxylic acids is 1. The van der Waals surface area contributed by atoms with Crippen LogP contribution in [0, 0.1) is 17.0 Å². The van der Waals surface area contributed by atoms with Gasteiger partial charge in [0.2, 0.25) is 0 Å². The lowest BCUT2D eigenvalue weighted by Gasteiger charge is -2.04. The number of imidazole rings is 1. The van der Waals surface area contributed by atoms with Crippen molar-refractivity contribution in [2.75, 3.05) is 6.54 Å². The van der Waals surface area contributed by atoms with Gasteiger partial charge >= 0.3 is 0 Å². The number of amides is 1. The number of aryl methyl sites for hydroxylation is 1. The Kier molecular flexibility index (Phi) is 5.09. The van der Waals surface area contributed by atoms with Gasteiger partial charge in [-0.05, 0) is 18.9 Å². The van der Waals surface area contributed by atoms with E-state index in [-0.39, 0.29) is 11.6 Å². The SMILES string of the molecule is Cc1c(C(=O)NCCc2ccccc2)sc2nc(-c3cccc([N+](=O)[O-])c3)cn12. The first-order valence-electron chi connectivity index (χ1n) is 9.08. The van der Waals surface area contributed by atoms with E-state index in [0.717, 1.165) is 12.1 Å². The van der Waals surface area contributed by atoms with Gasteiger partial charge in [-0.1, -0.05) is 53.8 Å². The molecule has 1 N–H and O–H groups in total. The van der Waals surface area contributed by atoms with Crippen molar-refractivity contribution in [3.63, 3.8) is 0 Å². The Balaban J connectivity index is 1.51. The number of nitrogens with one attached hydrogen (secondary N) is 1. The number of benzene rings is 2. The minimum Gasteiger partial charge on any atom is -0.351 e. The molecule has 2 aromatic carbocycles. The molecule has 4 rings (SSSR count). The van der Waals surface area contributed by atoms with Crippen LogP contribution in [0.15, 0.2) is 60.8 Å². The lowest BCUT2D eigenvalue weighted by Crippen LogP contribution is -2.25. The maximum absolute atomic E-state index is 12.6. The molecule has 0 aliphatic rings. The molecule has 0 aliphatic carbocycles. The smallest absolute Gasteiger partial charge is 0.270 e. The predicted octanol–water partition coefficient (Wildman–Crippen LogP) is 4.25. The predicted molar refractivity (Wildman–Crippen MR) is 112 cm³/mol. The van der Waals surface area contributed by atoms with Crippen LogP contribution in [0.2, 0.25) is 0 Å². The van der Waals surface area contributed by atoms with Crippen LogP contribution in [-0.4, -0.2) is 26.8 Å². The van der Waals surface area contributed by atoms with Crippen molar-refractivity contribution >= 4 is 27.9 Å². The number of rotatable bonds is 6. The molecule has 8 heteroatoms. The Hall–Kier alpha value is -3.52. The van der Waals surface area contributed by atoms with Crippen molar-refractivity contribution in [3.05, 3.63) is 87.0 Å². The van der Waals surface area contributed by atoms with Gasteiger partial charge in [-0.2, -0.15) is 0 Å². The Bertz CT molecular complexity index is 1200. The van der Waals surface area contributed by atoms with Crippen LogP contribution in [0.5, 0.6) is 0 Å². The molecular formula is C21H18N4O3S. The fraction of sp³-hybridized carbons (Fsp3) is 0.143. The third kappa shape index (κ3) is 3.88. The molecule has 146 valence electrons. The molecule has 0 fully saturated rings. The van der Waals surface area contributed by atoms with Gasteiger partial charge < -0.3 is 5.32 Å². The molecule has 1 amide bonds. The first kappa shape index (κ1) is 18.8. The van der Waals surface area contributed by atoms with Gasteiger partial charge in [0.05, 0.1) is 10.6 Å². The molecule has 0 atom stereocenters. The van der Waals surface area contributed by atoms with Crippen molar-refractivity contribution in [1.82, 2.24) is 14.7 Å². The van der Waals surface area contributed by atoms with Gasteiger partial charge in [-0.3, -0.25) is 19.3 Å². The van der Waals surface area contributed by atoms with Crippen LogP contribution in [-0.2, 0) is 6.42 Å². The summed E-state index contributed by atoms with van der Waals surface area (Å²) in [7, 11) is 0. The van der Waals surface area contributed by atoms with E-state index in [4.69, 9.17) is 0 Å². The van der Waals surface area contributed by atoms with Crippen molar-refractivity contribution < 1.29 is 9.72 Å². The van der Waals surface area contributed by atoms with E-state index in [0.29, 0.717) is 27.6 Å². The molecule has 7 nitrogen and oxygen atoms in total. The van der Waals surface area contributed by atoms with Crippen molar-refractivity contribution in [1.29, 1.82) is 0 Å². The Morgan fingerprint density at radius 1 is 1.21 bits per heavy atom. The summed E-state index contributed by atoms with van der Waals surface area (Å²) in [6.45, 7) is 2.43. The summed E-state index contributed by atoms with van der Waals surface area (Å²) in [6.07, 6.45) is 2.58. The molecule has 0 unspecified atom stereocenters. The molecule has 4 aromatic rings. The number of nitro groups is 1. The highest BCUT2D eigenvalue weighted by atomic mass is 32.1. The van der Waals surface area contributed by atoms with Crippen LogP contribution >= 0.6 is 11.3 Å². The molecule has 0 saturated carbocycles. The van der Waals surface area contributed by atoms with Gasteiger partial charge in [0.1, 0.15) is 4.88 Å². The second kappa shape index (κ2) is 7.84. The van der Waals surface area contributed by atoms with E-state index in [9.17, 15) is 14.9 Å². The minimum absolute atomic E-state index is 0.0223. The standard InChI is InChI=1S/C21H18N4O3S/c1-14-19(20(26)22-11-10-15-6-3-2-4-7-15)29-21-23-18(13-24(14)21)16-8-5-9-17(12-16)25(27)28/h2-9,12-13H,10-11H2,1H3,(H,22,26). The molecule has 2 heterocycles. The second-order valence-corrected chi connectivity index (χ2v) is 7.57. The second-order valence-electron chi connectivity index (χ2n) is 6.59. The molecule has 29 heavy (non-hydrogen) atoms. The summed E-state index contributed by atoms with van der Waals surface area (Å²) in [4.78, 5) is 29.0. The number of hydrogen-bond acceptors (Lipinski definition) is 5. The molecule has 0 spiro atoms. The van der Waals surface area contributed by atoms with Gasteiger partial charge in [0.25, 0.3) is 11.6 Å². The van der Waals surface area contributed by atoms with Gasteiger partial charge in [0.15, 0.2) is 4.96 Å². The monoisotopic (exact) mass is 406 g/mol. The van der Waals surface area contributed by atoms with E-state index < -0.39 is 4.92 Å². The third-order valence-electron chi connectivity index (χ3n) is 4.66. The lowest BCUT2D eigenvalue weighted by atomic mass is 10.1. The quantitative estimate of drug-likeness (QED) is 0.383.